The fourth-order valence-electron chi connectivity index (χ4n) is 2.45. The van der Waals surface area contributed by atoms with Gasteiger partial charge in [0.1, 0.15) is 12.4 Å². The minimum atomic E-state index is 0.00497. The summed E-state index contributed by atoms with van der Waals surface area (Å²) in [6.07, 6.45) is 4.41. The van der Waals surface area contributed by atoms with Gasteiger partial charge in [-0.2, -0.15) is 0 Å². The summed E-state index contributed by atoms with van der Waals surface area (Å²) in [6, 6.07) is 11.4. The van der Waals surface area contributed by atoms with E-state index < -0.39 is 0 Å². The third-order valence-corrected chi connectivity index (χ3v) is 3.97. The number of rotatable bonds is 7. The van der Waals surface area contributed by atoms with Crippen molar-refractivity contribution in [3.8, 4) is 22.9 Å². The maximum Gasteiger partial charge on any atom is 0.231 e. The summed E-state index contributed by atoms with van der Waals surface area (Å²) in [7, 11) is 0. The van der Waals surface area contributed by atoms with E-state index in [1.165, 1.54) is 12.8 Å². The monoisotopic (exact) mass is 325 g/mol. The minimum absolute atomic E-state index is 0.00497. The smallest absolute Gasteiger partial charge is 0.231 e. The fourth-order valence-corrected chi connectivity index (χ4v) is 2.45. The molecule has 1 saturated carbocycles. The van der Waals surface area contributed by atoms with Gasteiger partial charge >= 0.3 is 0 Å². The Balaban J connectivity index is 1.52. The van der Waals surface area contributed by atoms with Crippen molar-refractivity contribution in [2.24, 2.45) is 5.92 Å². The number of imidazole rings is 1. The molecule has 6 nitrogen and oxygen atoms in total. The largest absolute Gasteiger partial charge is 0.491 e. The molecule has 0 unspecified atom stereocenters. The molecule has 1 fully saturated rings. The van der Waals surface area contributed by atoms with Gasteiger partial charge < -0.3 is 14.6 Å². The van der Waals surface area contributed by atoms with Crippen LogP contribution in [0.15, 0.2) is 42.6 Å². The van der Waals surface area contributed by atoms with Gasteiger partial charge in [-0.05, 0) is 49.1 Å². The molecule has 0 saturated heterocycles. The first-order valence-electron chi connectivity index (χ1n) is 8.15. The van der Waals surface area contributed by atoms with Crippen molar-refractivity contribution in [1.29, 1.82) is 0 Å². The fraction of sp³-hybridized carbons (Fsp3) is 0.333. The predicted molar refractivity (Wildman–Crippen MR) is 89.2 cm³/mol. The van der Waals surface area contributed by atoms with Gasteiger partial charge in [0.25, 0.3) is 0 Å². The van der Waals surface area contributed by atoms with E-state index in [1.54, 1.807) is 4.52 Å². The number of aliphatic hydroxyl groups excluding tert-OH is 1. The Morgan fingerprint density at radius 1 is 1.08 bits per heavy atom. The quantitative estimate of drug-likeness (QED) is 0.723. The van der Waals surface area contributed by atoms with E-state index in [1.807, 2.05) is 42.6 Å². The number of ether oxygens (including phenoxy) is 2. The van der Waals surface area contributed by atoms with E-state index in [0.29, 0.717) is 18.4 Å². The molecule has 1 N–H and O–H groups in total. The first-order valence-corrected chi connectivity index (χ1v) is 8.15. The summed E-state index contributed by atoms with van der Waals surface area (Å²) in [4.78, 5) is 4.59. The van der Waals surface area contributed by atoms with E-state index in [-0.39, 0.29) is 6.61 Å². The Morgan fingerprint density at radius 2 is 1.92 bits per heavy atom. The summed E-state index contributed by atoms with van der Waals surface area (Å²) >= 11 is 0. The maximum absolute atomic E-state index is 8.78. The molecule has 124 valence electrons. The third-order valence-electron chi connectivity index (χ3n) is 3.97. The van der Waals surface area contributed by atoms with E-state index in [2.05, 4.69) is 10.1 Å². The summed E-state index contributed by atoms with van der Waals surface area (Å²) < 4.78 is 12.8. The predicted octanol–water partition coefficient (Wildman–Crippen LogP) is 2.56. The molecule has 4 rings (SSSR count). The number of aliphatic hydroxyl groups is 1. The molecule has 0 amide bonds. The zero-order valence-electron chi connectivity index (χ0n) is 13.3. The van der Waals surface area contributed by atoms with Gasteiger partial charge in [0.05, 0.1) is 25.1 Å². The molecule has 2 heterocycles. The molecule has 0 spiro atoms. The molecule has 0 radical (unpaired) electrons. The second kappa shape index (κ2) is 6.49. The van der Waals surface area contributed by atoms with Crippen LogP contribution in [0.5, 0.6) is 11.6 Å². The molecule has 6 heteroatoms. The average molecular weight is 325 g/mol. The van der Waals surface area contributed by atoms with Crippen molar-refractivity contribution >= 4 is 5.65 Å². The van der Waals surface area contributed by atoms with Crippen LogP contribution in [0.25, 0.3) is 16.9 Å². The Bertz CT molecular complexity index is 825. The van der Waals surface area contributed by atoms with Crippen LogP contribution in [-0.4, -0.2) is 39.5 Å². The van der Waals surface area contributed by atoms with Crippen molar-refractivity contribution in [1.82, 2.24) is 14.6 Å². The van der Waals surface area contributed by atoms with Gasteiger partial charge in [-0.25, -0.2) is 9.50 Å². The second-order valence-electron chi connectivity index (χ2n) is 5.95. The van der Waals surface area contributed by atoms with Crippen molar-refractivity contribution in [3.63, 3.8) is 0 Å². The topological polar surface area (TPSA) is 68.9 Å². The average Bonchev–Trinajstić information content (AvgIpc) is 3.35. The first-order chi connectivity index (χ1) is 11.8. The van der Waals surface area contributed by atoms with Crippen molar-refractivity contribution in [2.75, 3.05) is 19.8 Å². The van der Waals surface area contributed by atoms with Gasteiger partial charge in [-0.1, -0.05) is 0 Å². The number of hydrogen-bond donors (Lipinski definition) is 1. The maximum atomic E-state index is 8.78. The van der Waals surface area contributed by atoms with Crippen LogP contribution in [0.3, 0.4) is 0 Å². The number of hydrogen-bond acceptors (Lipinski definition) is 5. The lowest BCUT2D eigenvalue weighted by atomic mass is 10.2. The molecule has 0 bridgehead atoms. The van der Waals surface area contributed by atoms with Crippen LogP contribution in [0, 0.1) is 5.92 Å². The molecule has 0 atom stereocenters. The molecule has 1 aliphatic rings. The van der Waals surface area contributed by atoms with Gasteiger partial charge in [-0.15, -0.1) is 5.10 Å². The van der Waals surface area contributed by atoms with Gasteiger partial charge in [0, 0.05) is 11.6 Å². The van der Waals surface area contributed by atoms with Crippen LogP contribution in [0.4, 0.5) is 0 Å². The molecule has 3 aromatic rings. The summed E-state index contributed by atoms with van der Waals surface area (Å²) in [5.41, 5.74) is 2.61. The molecular weight excluding hydrogens is 306 g/mol. The van der Waals surface area contributed by atoms with E-state index in [4.69, 9.17) is 14.6 Å². The minimum Gasteiger partial charge on any atom is -0.491 e. The molecule has 1 aliphatic carbocycles. The number of fused-ring (bicyclic) bond motifs is 1. The molecule has 1 aromatic carbocycles. The van der Waals surface area contributed by atoms with E-state index in [0.717, 1.165) is 29.3 Å². The molecule has 2 aromatic heterocycles. The van der Waals surface area contributed by atoms with Crippen LogP contribution in [0.2, 0.25) is 0 Å². The number of aromatic nitrogens is 3. The second-order valence-corrected chi connectivity index (χ2v) is 5.95. The number of benzene rings is 1. The van der Waals surface area contributed by atoms with Gasteiger partial charge in [-0.3, -0.25) is 0 Å². The lowest BCUT2D eigenvalue weighted by molar-refractivity contribution is 0.201. The lowest BCUT2D eigenvalue weighted by Gasteiger charge is -2.04. The van der Waals surface area contributed by atoms with Crippen LogP contribution >= 0.6 is 0 Å². The van der Waals surface area contributed by atoms with Crippen molar-refractivity contribution in [2.45, 2.75) is 12.8 Å². The zero-order chi connectivity index (χ0) is 16.4. The van der Waals surface area contributed by atoms with Gasteiger partial charge in [0.2, 0.25) is 5.88 Å². The Labute approximate surface area is 139 Å². The van der Waals surface area contributed by atoms with Gasteiger partial charge in [0.15, 0.2) is 5.65 Å². The van der Waals surface area contributed by atoms with E-state index >= 15 is 0 Å². The van der Waals surface area contributed by atoms with Crippen LogP contribution < -0.4 is 9.47 Å². The zero-order valence-corrected chi connectivity index (χ0v) is 13.3. The SMILES string of the molecule is OCCOc1ccc(-c2cn3nc(OCC4CC4)ccc3n2)cc1. The Kier molecular flexibility index (Phi) is 4.04. The van der Waals surface area contributed by atoms with Crippen molar-refractivity contribution in [3.05, 3.63) is 42.6 Å². The molecule has 0 aliphatic heterocycles. The third kappa shape index (κ3) is 3.33. The van der Waals surface area contributed by atoms with E-state index in [9.17, 15) is 0 Å². The Hall–Kier alpha value is -2.60. The first kappa shape index (κ1) is 15.0. The summed E-state index contributed by atoms with van der Waals surface area (Å²) in [5.74, 6) is 2.06. The highest BCUT2D eigenvalue weighted by molar-refractivity contribution is 5.63. The van der Waals surface area contributed by atoms with Crippen molar-refractivity contribution < 1.29 is 14.6 Å². The standard InChI is InChI=1S/C18H19N3O3/c22-9-10-23-15-5-3-14(4-6-15)16-11-21-17(19-16)7-8-18(20-21)24-12-13-1-2-13/h3-8,11,13,22H,1-2,9-10,12H2. The summed E-state index contributed by atoms with van der Waals surface area (Å²) in [6.45, 7) is 1.04. The molecular formula is C18H19N3O3. The Morgan fingerprint density at radius 3 is 2.67 bits per heavy atom. The van der Waals surface area contributed by atoms with Crippen LogP contribution in [-0.2, 0) is 0 Å². The highest BCUT2D eigenvalue weighted by atomic mass is 16.5. The molecule has 24 heavy (non-hydrogen) atoms. The highest BCUT2D eigenvalue weighted by Crippen LogP contribution is 2.29. The normalized spacial score (nSPS) is 14.0. The van der Waals surface area contributed by atoms with Crippen LogP contribution in [0.1, 0.15) is 12.8 Å². The number of nitrogens with zero attached hydrogens (tertiary/aromatic N) is 3. The lowest BCUT2D eigenvalue weighted by Crippen LogP contribution is -2.02. The summed E-state index contributed by atoms with van der Waals surface area (Å²) in [5, 5.41) is 13.2. The highest BCUT2D eigenvalue weighted by Gasteiger charge is 2.22.